The first-order valence-corrected chi connectivity index (χ1v) is 8.83. The second-order valence-electron chi connectivity index (χ2n) is 5.01. The molecule has 0 amide bonds. The molecule has 126 valence electrons. The molecule has 0 aliphatic carbocycles. The molecule has 21 heavy (non-hydrogen) atoms. The average molecular weight is 434 g/mol. The van der Waals surface area contributed by atoms with Crippen molar-refractivity contribution >= 4 is 40.0 Å². The van der Waals surface area contributed by atoms with Crippen LogP contribution in [-0.2, 0) is 14.8 Å². The van der Waals surface area contributed by atoms with E-state index in [4.69, 9.17) is 4.74 Å². The minimum absolute atomic E-state index is 0. The highest BCUT2D eigenvalue weighted by Crippen LogP contribution is 2.13. The Kier molecular flexibility index (Phi) is 10.5. The lowest BCUT2D eigenvalue weighted by molar-refractivity contribution is 0.181. The Morgan fingerprint density at radius 2 is 2.19 bits per heavy atom. The predicted molar refractivity (Wildman–Crippen MR) is 95.8 cm³/mol. The summed E-state index contributed by atoms with van der Waals surface area (Å²) in [7, 11) is -1.15. The fourth-order valence-electron chi connectivity index (χ4n) is 2.06. The van der Waals surface area contributed by atoms with Crippen molar-refractivity contribution < 1.29 is 13.2 Å². The van der Waals surface area contributed by atoms with Crippen molar-refractivity contribution in [3.8, 4) is 0 Å². The Morgan fingerprint density at radius 1 is 1.48 bits per heavy atom. The van der Waals surface area contributed by atoms with Crippen molar-refractivity contribution in [3.63, 3.8) is 0 Å². The number of halogens is 1. The molecule has 0 spiro atoms. The van der Waals surface area contributed by atoms with Gasteiger partial charge < -0.3 is 15.0 Å². The molecule has 1 saturated heterocycles. The van der Waals surface area contributed by atoms with Crippen molar-refractivity contribution in [2.45, 2.75) is 13.3 Å². The number of nitrogens with one attached hydrogen (secondary N) is 2. The largest absolute Gasteiger partial charge is 0.381 e. The normalized spacial score (nSPS) is 19.2. The molecule has 7 nitrogen and oxygen atoms in total. The summed E-state index contributed by atoms with van der Waals surface area (Å²) in [5.74, 6) is 1.34. The molecule has 1 unspecified atom stereocenters. The van der Waals surface area contributed by atoms with E-state index in [0.717, 1.165) is 44.9 Å². The van der Waals surface area contributed by atoms with Gasteiger partial charge in [-0.15, -0.1) is 24.0 Å². The zero-order chi connectivity index (χ0) is 15.0. The van der Waals surface area contributed by atoms with E-state index in [0.29, 0.717) is 19.0 Å². The third kappa shape index (κ3) is 9.48. The van der Waals surface area contributed by atoms with Crippen LogP contribution in [0.3, 0.4) is 0 Å². The highest BCUT2D eigenvalue weighted by Gasteiger charge is 2.18. The van der Waals surface area contributed by atoms with E-state index < -0.39 is 10.0 Å². The molecular formula is C12H27IN4O3S. The Bertz CT molecular complexity index is 411. The third-order valence-corrected chi connectivity index (χ3v) is 3.72. The summed E-state index contributed by atoms with van der Waals surface area (Å²) in [6.07, 6.45) is 2.23. The Morgan fingerprint density at radius 3 is 2.71 bits per heavy atom. The molecule has 1 atom stereocenters. The van der Waals surface area contributed by atoms with Gasteiger partial charge in [-0.1, -0.05) is 0 Å². The lowest BCUT2D eigenvalue weighted by Crippen LogP contribution is -2.42. The van der Waals surface area contributed by atoms with Gasteiger partial charge in [0.05, 0.1) is 19.4 Å². The number of nitrogens with zero attached hydrogens (tertiary/aromatic N) is 2. The van der Waals surface area contributed by atoms with Crippen molar-refractivity contribution in [2.24, 2.45) is 10.9 Å². The van der Waals surface area contributed by atoms with Crippen molar-refractivity contribution in [3.05, 3.63) is 0 Å². The van der Waals surface area contributed by atoms with Gasteiger partial charge in [-0.3, -0.25) is 4.99 Å². The molecular weight excluding hydrogens is 407 g/mol. The number of aliphatic imine (C=N–C) groups is 1. The SMILES string of the molecule is CCNC(=NCCNS(C)(=O)=O)N(C)CC1CCOC1.I. The van der Waals surface area contributed by atoms with Crippen LogP contribution in [0.4, 0.5) is 0 Å². The van der Waals surface area contributed by atoms with Gasteiger partial charge in [-0.05, 0) is 13.3 Å². The topological polar surface area (TPSA) is 83.0 Å². The van der Waals surface area contributed by atoms with Gasteiger partial charge in [0.15, 0.2) is 5.96 Å². The van der Waals surface area contributed by atoms with E-state index in [2.05, 4.69) is 19.9 Å². The van der Waals surface area contributed by atoms with Gasteiger partial charge in [0.1, 0.15) is 0 Å². The summed E-state index contributed by atoms with van der Waals surface area (Å²) in [4.78, 5) is 6.49. The van der Waals surface area contributed by atoms with Crippen molar-refractivity contribution in [1.82, 2.24) is 14.9 Å². The van der Waals surface area contributed by atoms with E-state index in [1.807, 2.05) is 14.0 Å². The number of rotatable bonds is 7. The average Bonchev–Trinajstić information content (AvgIpc) is 2.84. The van der Waals surface area contributed by atoms with Crippen molar-refractivity contribution in [1.29, 1.82) is 0 Å². The zero-order valence-corrected chi connectivity index (χ0v) is 16.1. The first kappa shape index (κ1) is 20.9. The van der Waals surface area contributed by atoms with Gasteiger partial charge >= 0.3 is 0 Å². The van der Waals surface area contributed by atoms with Gasteiger partial charge in [0.2, 0.25) is 10.0 Å². The van der Waals surface area contributed by atoms with Crippen LogP contribution in [0.5, 0.6) is 0 Å². The van der Waals surface area contributed by atoms with E-state index >= 15 is 0 Å². The Hall–Kier alpha value is -0.130. The van der Waals surface area contributed by atoms with Crippen LogP contribution in [0.25, 0.3) is 0 Å². The quantitative estimate of drug-likeness (QED) is 0.257. The Labute approximate surface area is 145 Å². The first-order valence-electron chi connectivity index (χ1n) is 6.94. The van der Waals surface area contributed by atoms with Crippen LogP contribution in [0.15, 0.2) is 4.99 Å². The second-order valence-corrected chi connectivity index (χ2v) is 6.85. The van der Waals surface area contributed by atoms with Gasteiger partial charge in [-0.25, -0.2) is 13.1 Å². The number of guanidine groups is 1. The van der Waals surface area contributed by atoms with E-state index in [1.165, 1.54) is 0 Å². The summed E-state index contributed by atoms with van der Waals surface area (Å²) >= 11 is 0. The highest BCUT2D eigenvalue weighted by atomic mass is 127. The molecule has 0 radical (unpaired) electrons. The lowest BCUT2D eigenvalue weighted by Gasteiger charge is -2.24. The predicted octanol–water partition coefficient (Wildman–Crippen LogP) is 0.0874. The summed E-state index contributed by atoms with van der Waals surface area (Å²) in [5, 5.41) is 3.21. The second kappa shape index (κ2) is 10.6. The molecule has 0 saturated carbocycles. The summed E-state index contributed by atoms with van der Waals surface area (Å²) in [5.41, 5.74) is 0. The monoisotopic (exact) mass is 434 g/mol. The lowest BCUT2D eigenvalue weighted by atomic mass is 10.1. The van der Waals surface area contributed by atoms with Crippen LogP contribution < -0.4 is 10.0 Å². The highest BCUT2D eigenvalue weighted by molar-refractivity contribution is 14.0. The molecule has 1 heterocycles. The number of hydrogen-bond acceptors (Lipinski definition) is 4. The molecule has 0 aromatic heterocycles. The number of hydrogen-bond donors (Lipinski definition) is 2. The fraction of sp³-hybridized carbons (Fsp3) is 0.917. The number of sulfonamides is 1. The van der Waals surface area contributed by atoms with Gasteiger partial charge in [-0.2, -0.15) is 0 Å². The maximum Gasteiger partial charge on any atom is 0.208 e. The molecule has 1 aliphatic heterocycles. The first-order chi connectivity index (χ1) is 9.42. The van der Waals surface area contributed by atoms with Crippen LogP contribution in [0.1, 0.15) is 13.3 Å². The standard InChI is InChI=1S/C12H26N4O3S.HI/c1-4-13-12(14-6-7-15-20(3,17)18)16(2)9-11-5-8-19-10-11;/h11,15H,4-10H2,1-3H3,(H,13,14);1H. The molecule has 0 aromatic rings. The third-order valence-electron chi connectivity index (χ3n) is 2.99. The van der Waals surface area contributed by atoms with Crippen LogP contribution in [0.2, 0.25) is 0 Å². The van der Waals surface area contributed by atoms with E-state index in [-0.39, 0.29) is 24.0 Å². The molecule has 1 aliphatic rings. The maximum absolute atomic E-state index is 11.0. The van der Waals surface area contributed by atoms with E-state index in [1.54, 1.807) is 0 Å². The summed E-state index contributed by atoms with van der Waals surface area (Å²) < 4.78 is 29.7. The van der Waals surface area contributed by atoms with Crippen LogP contribution in [0, 0.1) is 5.92 Å². The molecule has 1 rings (SSSR count). The number of ether oxygens (including phenoxy) is 1. The van der Waals surface area contributed by atoms with Gasteiger partial charge in [0.25, 0.3) is 0 Å². The van der Waals surface area contributed by atoms with Gasteiger partial charge in [0, 0.05) is 39.2 Å². The summed E-state index contributed by atoms with van der Waals surface area (Å²) in [6, 6.07) is 0. The molecule has 2 N–H and O–H groups in total. The molecule has 9 heteroatoms. The van der Waals surface area contributed by atoms with Crippen molar-refractivity contribution in [2.75, 3.05) is 52.7 Å². The molecule has 0 bridgehead atoms. The smallest absolute Gasteiger partial charge is 0.208 e. The zero-order valence-electron chi connectivity index (χ0n) is 13.0. The van der Waals surface area contributed by atoms with Crippen LogP contribution >= 0.6 is 24.0 Å². The van der Waals surface area contributed by atoms with Crippen LogP contribution in [-0.4, -0.2) is 72.0 Å². The minimum Gasteiger partial charge on any atom is -0.381 e. The fourth-order valence-corrected chi connectivity index (χ4v) is 2.53. The molecule has 0 aromatic carbocycles. The molecule has 1 fully saturated rings. The minimum atomic E-state index is -3.14. The maximum atomic E-state index is 11.0. The van der Waals surface area contributed by atoms with E-state index in [9.17, 15) is 8.42 Å². The summed E-state index contributed by atoms with van der Waals surface area (Å²) in [6.45, 7) is 6.06. The Balaban J connectivity index is 0.00000400.